The van der Waals surface area contributed by atoms with E-state index in [2.05, 4.69) is 11.0 Å². The normalized spacial score (nSPS) is 20.7. The molecule has 0 saturated carbocycles. The summed E-state index contributed by atoms with van der Waals surface area (Å²) >= 11 is 5.92. The van der Waals surface area contributed by atoms with Gasteiger partial charge in [0.05, 0.1) is 51.1 Å². The second kappa shape index (κ2) is 7.81. The average molecular weight is 401 g/mol. The number of imide groups is 1. The molecule has 2 fully saturated rings. The molecule has 1 unspecified atom stereocenters. The molecule has 4 rings (SSSR count). The number of quaternary nitrogens is 1. The Hall–Kier alpha value is -2.57. The number of amides is 2. The number of ether oxygens (including phenoxy) is 1. The molecule has 2 aromatic rings. The third kappa shape index (κ3) is 3.45. The number of carbonyl (C=O) groups excluding carboxylic acids is 2. The summed E-state index contributed by atoms with van der Waals surface area (Å²) in [6.07, 6.45) is 0.255. The minimum atomic E-state index is -0.317. The van der Waals surface area contributed by atoms with Crippen LogP contribution in [0.2, 0.25) is 5.02 Å². The van der Waals surface area contributed by atoms with Crippen LogP contribution in [0.25, 0.3) is 0 Å². The van der Waals surface area contributed by atoms with Gasteiger partial charge in [-0.1, -0.05) is 23.7 Å². The third-order valence-electron chi connectivity index (χ3n) is 5.56. The molecule has 0 aliphatic carbocycles. The molecule has 2 saturated heterocycles. The summed E-state index contributed by atoms with van der Waals surface area (Å²) < 4.78 is 5.46. The zero-order chi connectivity index (χ0) is 19.7. The van der Waals surface area contributed by atoms with E-state index in [1.807, 2.05) is 18.2 Å². The molecule has 1 atom stereocenters. The summed E-state index contributed by atoms with van der Waals surface area (Å²) in [5.74, 6) is 0.594. The van der Waals surface area contributed by atoms with Crippen molar-refractivity contribution in [1.82, 2.24) is 0 Å². The van der Waals surface area contributed by atoms with Crippen molar-refractivity contribution in [3.63, 3.8) is 0 Å². The Balaban J connectivity index is 1.44. The van der Waals surface area contributed by atoms with E-state index in [-0.39, 0.29) is 24.3 Å². The molecule has 2 aromatic carbocycles. The predicted octanol–water partition coefficient (Wildman–Crippen LogP) is 1.39. The van der Waals surface area contributed by atoms with Gasteiger partial charge >= 0.3 is 0 Å². The van der Waals surface area contributed by atoms with Gasteiger partial charge in [-0.3, -0.25) is 9.59 Å². The number of hydrogen-bond acceptors (Lipinski definition) is 4. The molecule has 2 aliphatic rings. The van der Waals surface area contributed by atoms with E-state index in [0.29, 0.717) is 10.7 Å². The monoisotopic (exact) mass is 400 g/mol. The molecule has 2 aliphatic heterocycles. The molecule has 0 bridgehead atoms. The zero-order valence-corrected chi connectivity index (χ0v) is 16.5. The molecule has 6 nitrogen and oxygen atoms in total. The van der Waals surface area contributed by atoms with Gasteiger partial charge in [-0.2, -0.15) is 0 Å². The van der Waals surface area contributed by atoms with Gasteiger partial charge in [-0.05, 0) is 36.4 Å². The average Bonchev–Trinajstić information content (AvgIpc) is 3.03. The molecular formula is C21H23ClN3O3+. The second-order valence-corrected chi connectivity index (χ2v) is 7.55. The van der Waals surface area contributed by atoms with Crippen molar-refractivity contribution in [3.05, 3.63) is 53.6 Å². The molecule has 7 heteroatoms. The van der Waals surface area contributed by atoms with E-state index in [9.17, 15) is 9.59 Å². The van der Waals surface area contributed by atoms with Crippen molar-refractivity contribution < 1.29 is 19.2 Å². The van der Waals surface area contributed by atoms with Crippen molar-refractivity contribution in [1.29, 1.82) is 0 Å². The van der Waals surface area contributed by atoms with Crippen LogP contribution in [0.3, 0.4) is 0 Å². The smallest absolute Gasteiger partial charge is 0.292 e. The summed E-state index contributed by atoms with van der Waals surface area (Å²) in [6, 6.07) is 14.5. The van der Waals surface area contributed by atoms with Gasteiger partial charge in [0, 0.05) is 5.02 Å². The predicted molar refractivity (Wildman–Crippen MR) is 108 cm³/mol. The van der Waals surface area contributed by atoms with Crippen LogP contribution in [0, 0.1) is 0 Å². The number of benzene rings is 2. The van der Waals surface area contributed by atoms with Crippen LogP contribution in [0.15, 0.2) is 48.5 Å². The molecule has 0 aromatic heterocycles. The van der Waals surface area contributed by atoms with Gasteiger partial charge in [0.25, 0.3) is 5.91 Å². The maximum atomic E-state index is 13.0. The highest BCUT2D eigenvalue weighted by atomic mass is 35.5. The van der Waals surface area contributed by atoms with Gasteiger partial charge in [-0.25, -0.2) is 4.90 Å². The first kappa shape index (κ1) is 18.8. The lowest BCUT2D eigenvalue weighted by atomic mass is 10.1. The van der Waals surface area contributed by atoms with Gasteiger partial charge in [0.2, 0.25) is 5.91 Å². The molecular weight excluding hydrogens is 378 g/mol. The first-order valence-corrected chi connectivity index (χ1v) is 9.81. The topological polar surface area (TPSA) is 54.3 Å². The van der Waals surface area contributed by atoms with Gasteiger partial charge < -0.3 is 14.5 Å². The fourth-order valence-corrected chi connectivity index (χ4v) is 4.21. The van der Waals surface area contributed by atoms with Crippen LogP contribution < -0.4 is 19.4 Å². The Morgan fingerprint density at radius 2 is 1.71 bits per heavy atom. The standard InChI is InChI=1S/C21H22ClN3O3/c1-28-19-5-3-2-4-17(19)23-10-12-24(13-11-23)18-14-20(26)25(21(18)27)16-8-6-15(22)7-9-16/h2-9,18H,10-14H2,1H3/p+1. The molecule has 2 amide bonds. The number of nitrogens with one attached hydrogen (secondary N) is 1. The third-order valence-corrected chi connectivity index (χ3v) is 5.81. The highest BCUT2D eigenvalue weighted by Gasteiger charge is 2.46. The van der Waals surface area contributed by atoms with Crippen LogP contribution in [0.1, 0.15) is 6.42 Å². The quantitative estimate of drug-likeness (QED) is 0.788. The number of methoxy groups -OCH3 is 1. The number of halogens is 1. The minimum Gasteiger partial charge on any atom is -0.495 e. The molecule has 0 spiro atoms. The molecule has 146 valence electrons. The number of anilines is 2. The van der Waals surface area contributed by atoms with Gasteiger partial charge in [0.1, 0.15) is 5.75 Å². The lowest BCUT2D eigenvalue weighted by Crippen LogP contribution is -3.19. The fourth-order valence-electron chi connectivity index (χ4n) is 4.09. The van der Waals surface area contributed by atoms with E-state index < -0.39 is 0 Å². The molecule has 1 N–H and O–H groups in total. The lowest BCUT2D eigenvalue weighted by Gasteiger charge is -2.36. The SMILES string of the molecule is COc1ccccc1N1CC[NH+](C2CC(=O)N(c3ccc(Cl)cc3)C2=O)CC1. The van der Waals surface area contributed by atoms with Gasteiger partial charge in [-0.15, -0.1) is 0 Å². The number of nitrogens with zero attached hydrogens (tertiary/aromatic N) is 2. The molecule has 28 heavy (non-hydrogen) atoms. The van der Waals surface area contributed by atoms with E-state index in [0.717, 1.165) is 37.6 Å². The number of para-hydroxylation sites is 2. The first-order chi connectivity index (χ1) is 13.6. The Bertz CT molecular complexity index is 879. The largest absolute Gasteiger partial charge is 0.495 e. The van der Waals surface area contributed by atoms with Crippen molar-refractivity contribution in [2.75, 3.05) is 43.1 Å². The van der Waals surface area contributed by atoms with Crippen molar-refractivity contribution in [2.24, 2.45) is 0 Å². The second-order valence-electron chi connectivity index (χ2n) is 7.12. The van der Waals surface area contributed by atoms with Crippen molar-refractivity contribution in [3.8, 4) is 5.75 Å². The Morgan fingerprint density at radius 1 is 1.04 bits per heavy atom. The van der Waals surface area contributed by atoms with Crippen molar-refractivity contribution >= 4 is 34.8 Å². The fraction of sp³-hybridized carbons (Fsp3) is 0.333. The number of piperazine rings is 1. The van der Waals surface area contributed by atoms with Crippen LogP contribution in [0.5, 0.6) is 5.75 Å². The summed E-state index contributed by atoms with van der Waals surface area (Å²) in [5, 5.41) is 0.581. The zero-order valence-electron chi connectivity index (χ0n) is 15.7. The Morgan fingerprint density at radius 3 is 2.39 bits per heavy atom. The molecule has 2 heterocycles. The highest BCUT2D eigenvalue weighted by Crippen LogP contribution is 2.28. The van der Waals surface area contributed by atoms with Crippen LogP contribution in [0.4, 0.5) is 11.4 Å². The van der Waals surface area contributed by atoms with E-state index in [1.54, 1.807) is 31.4 Å². The summed E-state index contributed by atoms with van der Waals surface area (Å²) in [7, 11) is 1.68. The Kier molecular flexibility index (Phi) is 5.24. The van der Waals surface area contributed by atoms with E-state index in [4.69, 9.17) is 16.3 Å². The van der Waals surface area contributed by atoms with E-state index in [1.165, 1.54) is 9.80 Å². The van der Waals surface area contributed by atoms with Crippen LogP contribution in [-0.4, -0.2) is 51.1 Å². The first-order valence-electron chi connectivity index (χ1n) is 9.43. The highest BCUT2D eigenvalue weighted by molar-refractivity contribution is 6.30. The summed E-state index contributed by atoms with van der Waals surface area (Å²) in [6.45, 7) is 3.23. The molecule has 0 radical (unpaired) electrons. The number of rotatable bonds is 4. The lowest BCUT2D eigenvalue weighted by molar-refractivity contribution is -0.915. The maximum absolute atomic E-state index is 13.0. The van der Waals surface area contributed by atoms with Crippen LogP contribution >= 0.6 is 11.6 Å². The summed E-state index contributed by atoms with van der Waals surface area (Å²) in [4.78, 5) is 30.2. The van der Waals surface area contributed by atoms with Gasteiger partial charge in [0.15, 0.2) is 6.04 Å². The Labute approximate surface area is 169 Å². The minimum absolute atomic E-state index is 0.118. The van der Waals surface area contributed by atoms with Crippen LogP contribution in [-0.2, 0) is 9.59 Å². The van der Waals surface area contributed by atoms with Crippen molar-refractivity contribution in [2.45, 2.75) is 12.5 Å². The number of carbonyl (C=O) groups is 2. The maximum Gasteiger partial charge on any atom is 0.292 e. The summed E-state index contributed by atoms with van der Waals surface area (Å²) in [5.41, 5.74) is 1.66. The number of hydrogen-bond donors (Lipinski definition) is 1. The van der Waals surface area contributed by atoms with E-state index >= 15 is 0 Å².